The second-order valence-electron chi connectivity index (χ2n) is 7.52. The molecule has 3 rings (SSSR count). The number of unbranched alkanes of at least 4 members (excludes halogenated alkanes) is 1. The maximum Gasteiger partial charge on any atom is 0.274 e. The van der Waals surface area contributed by atoms with E-state index in [4.69, 9.17) is 4.98 Å². The third-order valence-electron chi connectivity index (χ3n) is 5.22. The zero-order valence-corrected chi connectivity index (χ0v) is 17.4. The first-order valence-corrected chi connectivity index (χ1v) is 10.4. The Morgan fingerprint density at radius 1 is 1.28 bits per heavy atom. The largest absolute Gasteiger partial charge is 0.355 e. The molecule has 8 heteroatoms. The molecular formula is C21H30N6O2. The van der Waals surface area contributed by atoms with E-state index in [1.54, 1.807) is 13.0 Å². The molecule has 0 unspecified atom stereocenters. The Kier molecular flexibility index (Phi) is 6.98. The third-order valence-corrected chi connectivity index (χ3v) is 5.22. The molecule has 1 aromatic carbocycles. The van der Waals surface area contributed by atoms with E-state index in [-0.39, 0.29) is 10.6 Å². The predicted octanol–water partition coefficient (Wildman–Crippen LogP) is 3.97. The van der Waals surface area contributed by atoms with Crippen LogP contribution in [0.2, 0.25) is 0 Å². The standard InChI is InChI=1S/C21H30N6O2/c1-4-6-7-16-13-20(26-11-10-18(14-26)22-5-2)25-21(23-16)24-17-9-8-15(3)19(12-17)27(28)29/h8-9,12-13,18,22H,4-7,10-11,14H2,1-3H3,(H,23,24,25)/t18-/m0/s1. The summed E-state index contributed by atoms with van der Waals surface area (Å²) in [6.07, 6.45) is 4.14. The van der Waals surface area contributed by atoms with Gasteiger partial charge in [0.2, 0.25) is 5.95 Å². The molecule has 0 radical (unpaired) electrons. The van der Waals surface area contributed by atoms with E-state index >= 15 is 0 Å². The molecule has 29 heavy (non-hydrogen) atoms. The molecule has 2 aromatic rings. The third kappa shape index (κ3) is 5.41. The number of anilines is 3. The summed E-state index contributed by atoms with van der Waals surface area (Å²) >= 11 is 0. The highest BCUT2D eigenvalue weighted by Crippen LogP contribution is 2.26. The molecular weight excluding hydrogens is 368 g/mol. The van der Waals surface area contributed by atoms with E-state index in [2.05, 4.69) is 40.4 Å². The maximum atomic E-state index is 11.2. The molecule has 0 saturated carbocycles. The normalized spacial score (nSPS) is 16.2. The monoisotopic (exact) mass is 398 g/mol. The van der Waals surface area contributed by atoms with E-state index in [9.17, 15) is 10.1 Å². The topological polar surface area (TPSA) is 96.2 Å². The Morgan fingerprint density at radius 3 is 2.83 bits per heavy atom. The molecule has 0 amide bonds. The average molecular weight is 399 g/mol. The van der Waals surface area contributed by atoms with Crippen molar-refractivity contribution in [2.24, 2.45) is 0 Å². The summed E-state index contributed by atoms with van der Waals surface area (Å²) < 4.78 is 0. The van der Waals surface area contributed by atoms with Crippen LogP contribution in [0.5, 0.6) is 0 Å². The molecule has 8 nitrogen and oxygen atoms in total. The van der Waals surface area contributed by atoms with Crippen LogP contribution in [0.25, 0.3) is 0 Å². The van der Waals surface area contributed by atoms with E-state index in [0.29, 0.717) is 23.2 Å². The highest BCUT2D eigenvalue weighted by atomic mass is 16.6. The molecule has 1 aliphatic rings. The van der Waals surface area contributed by atoms with Crippen molar-refractivity contribution in [2.45, 2.75) is 52.5 Å². The van der Waals surface area contributed by atoms with Crippen molar-refractivity contribution in [3.05, 3.63) is 45.6 Å². The lowest BCUT2D eigenvalue weighted by molar-refractivity contribution is -0.385. The number of hydrogen-bond donors (Lipinski definition) is 2. The van der Waals surface area contributed by atoms with Gasteiger partial charge >= 0.3 is 0 Å². The lowest BCUT2D eigenvalue weighted by Crippen LogP contribution is -2.32. The second kappa shape index (κ2) is 9.65. The van der Waals surface area contributed by atoms with Crippen molar-refractivity contribution in [2.75, 3.05) is 29.9 Å². The van der Waals surface area contributed by atoms with Gasteiger partial charge in [-0.1, -0.05) is 26.3 Å². The Bertz CT molecular complexity index is 857. The fraction of sp³-hybridized carbons (Fsp3) is 0.524. The second-order valence-corrected chi connectivity index (χ2v) is 7.52. The summed E-state index contributed by atoms with van der Waals surface area (Å²) in [7, 11) is 0. The van der Waals surface area contributed by atoms with Crippen molar-refractivity contribution < 1.29 is 4.92 Å². The fourth-order valence-electron chi connectivity index (χ4n) is 3.62. The van der Waals surface area contributed by atoms with Gasteiger partial charge in [0, 0.05) is 48.2 Å². The zero-order valence-electron chi connectivity index (χ0n) is 17.4. The quantitative estimate of drug-likeness (QED) is 0.487. The summed E-state index contributed by atoms with van der Waals surface area (Å²) in [5.41, 5.74) is 2.33. The highest BCUT2D eigenvalue weighted by Gasteiger charge is 2.23. The summed E-state index contributed by atoms with van der Waals surface area (Å²) in [5, 5.41) is 17.9. The van der Waals surface area contributed by atoms with E-state index in [1.165, 1.54) is 6.07 Å². The Morgan fingerprint density at radius 2 is 2.10 bits per heavy atom. The van der Waals surface area contributed by atoms with E-state index < -0.39 is 0 Å². The van der Waals surface area contributed by atoms with Crippen molar-refractivity contribution in [1.82, 2.24) is 15.3 Å². The number of nitro groups is 1. The number of likely N-dealkylation sites (N-methyl/N-ethyl adjacent to an activating group) is 1. The molecule has 1 aromatic heterocycles. The molecule has 156 valence electrons. The maximum absolute atomic E-state index is 11.2. The predicted molar refractivity (Wildman–Crippen MR) is 116 cm³/mol. The number of benzene rings is 1. The van der Waals surface area contributed by atoms with Gasteiger partial charge in [0.1, 0.15) is 5.82 Å². The Hall–Kier alpha value is -2.74. The molecule has 1 atom stereocenters. The number of aryl methyl sites for hydroxylation is 2. The smallest absolute Gasteiger partial charge is 0.274 e. The summed E-state index contributed by atoms with van der Waals surface area (Å²) in [6.45, 7) is 8.86. The first-order valence-electron chi connectivity index (χ1n) is 10.4. The van der Waals surface area contributed by atoms with Crippen LogP contribution >= 0.6 is 0 Å². The Labute approximate surface area is 171 Å². The number of rotatable bonds is 9. The number of nitrogens with one attached hydrogen (secondary N) is 2. The Balaban J connectivity index is 1.86. The summed E-state index contributed by atoms with van der Waals surface area (Å²) in [5.74, 6) is 1.40. The van der Waals surface area contributed by atoms with Gasteiger partial charge in [0.05, 0.1) is 4.92 Å². The molecule has 0 aliphatic carbocycles. The van der Waals surface area contributed by atoms with Crippen LogP contribution in [0.4, 0.5) is 23.1 Å². The number of aromatic nitrogens is 2. The van der Waals surface area contributed by atoms with Crippen LogP contribution in [0.15, 0.2) is 24.3 Å². The molecule has 1 aliphatic heterocycles. The van der Waals surface area contributed by atoms with Crippen LogP contribution in [-0.2, 0) is 6.42 Å². The van der Waals surface area contributed by atoms with E-state index in [1.807, 2.05) is 6.07 Å². The van der Waals surface area contributed by atoms with Crippen LogP contribution in [0, 0.1) is 17.0 Å². The van der Waals surface area contributed by atoms with Gasteiger partial charge in [-0.25, -0.2) is 4.98 Å². The van der Waals surface area contributed by atoms with Gasteiger partial charge in [-0.3, -0.25) is 10.1 Å². The molecule has 2 N–H and O–H groups in total. The van der Waals surface area contributed by atoms with Gasteiger partial charge in [0.25, 0.3) is 5.69 Å². The number of nitrogens with zero attached hydrogens (tertiary/aromatic N) is 4. The van der Waals surface area contributed by atoms with Crippen LogP contribution in [-0.4, -0.2) is 40.6 Å². The van der Waals surface area contributed by atoms with Crippen molar-refractivity contribution in [3.63, 3.8) is 0 Å². The van der Waals surface area contributed by atoms with Gasteiger partial charge in [-0.2, -0.15) is 4.98 Å². The SMILES string of the molecule is CCCCc1cc(N2CC[C@H](NCC)C2)nc(Nc2ccc(C)c([N+](=O)[O-])c2)n1. The molecule has 2 heterocycles. The highest BCUT2D eigenvalue weighted by molar-refractivity contribution is 5.61. The molecule has 1 saturated heterocycles. The minimum Gasteiger partial charge on any atom is -0.355 e. The minimum atomic E-state index is -0.366. The van der Waals surface area contributed by atoms with Crippen LogP contribution < -0.4 is 15.5 Å². The van der Waals surface area contributed by atoms with Gasteiger partial charge < -0.3 is 15.5 Å². The fourth-order valence-corrected chi connectivity index (χ4v) is 3.62. The minimum absolute atomic E-state index is 0.0883. The molecule has 1 fully saturated rings. The average Bonchev–Trinajstić information content (AvgIpc) is 3.16. The van der Waals surface area contributed by atoms with Crippen molar-refractivity contribution in [3.8, 4) is 0 Å². The van der Waals surface area contributed by atoms with Gasteiger partial charge in [-0.15, -0.1) is 0 Å². The van der Waals surface area contributed by atoms with Crippen molar-refractivity contribution in [1.29, 1.82) is 0 Å². The summed E-state index contributed by atoms with van der Waals surface area (Å²) in [6, 6.07) is 7.65. The van der Waals surface area contributed by atoms with Gasteiger partial charge in [-0.05, 0) is 38.8 Å². The first-order chi connectivity index (χ1) is 14.0. The first kappa shape index (κ1) is 21.0. The summed E-state index contributed by atoms with van der Waals surface area (Å²) in [4.78, 5) is 22.5. The lowest BCUT2D eigenvalue weighted by atomic mass is 10.2. The van der Waals surface area contributed by atoms with Crippen molar-refractivity contribution >= 4 is 23.1 Å². The lowest BCUT2D eigenvalue weighted by Gasteiger charge is -2.19. The number of nitro benzene ring substituents is 1. The van der Waals surface area contributed by atoms with Crippen LogP contribution in [0.3, 0.4) is 0 Å². The van der Waals surface area contributed by atoms with Crippen LogP contribution in [0.1, 0.15) is 44.4 Å². The molecule has 0 bridgehead atoms. The number of hydrogen-bond acceptors (Lipinski definition) is 7. The molecule has 0 spiro atoms. The zero-order chi connectivity index (χ0) is 20.8. The van der Waals surface area contributed by atoms with E-state index in [0.717, 1.165) is 56.8 Å². The van der Waals surface area contributed by atoms with Gasteiger partial charge in [0.15, 0.2) is 0 Å².